The van der Waals surface area contributed by atoms with Crippen LogP contribution in [-0.4, -0.2) is 44.6 Å². The Kier molecular flexibility index (Phi) is 7.54. The molecule has 0 bridgehead atoms. The van der Waals surface area contributed by atoms with Gasteiger partial charge in [0.05, 0.1) is 13.0 Å². The number of rotatable bonds is 6. The molecule has 1 aromatic rings. The summed E-state index contributed by atoms with van der Waals surface area (Å²) in [6.07, 6.45) is 2.96. The lowest BCUT2D eigenvalue weighted by molar-refractivity contribution is -0.133. The largest absolute Gasteiger partial charge is 0.497 e. The predicted molar refractivity (Wildman–Crippen MR) is 87.2 cm³/mol. The second kappa shape index (κ2) is 8.90. The number of halogens is 1. The van der Waals surface area contributed by atoms with Gasteiger partial charge in [-0.25, -0.2) is 0 Å². The molecule has 21 heavy (non-hydrogen) atoms. The summed E-state index contributed by atoms with van der Waals surface area (Å²) in [5.74, 6) is 1.35. The number of carbonyl (C=O) groups is 1. The monoisotopic (exact) mass is 312 g/mol. The van der Waals surface area contributed by atoms with Gasteiger partial charge in [0.25, 0.3) is 0 Å². The van der Waals surface area contributed by atoms with Crippen LogP contribution in [0.25, 0.3) is 0 Å². The van der Waals surface area contributed by atoms with Gasteiger partial charge in [0.1, 0.15) is 5.75 Å². The van der Waals surface area contributed by atoms with Gasteiger partial charge >= 0.3 is 0 Å². The summed E-state index contributed by atoms with van der Waals surface area (Å²) in [7, 11) is 3.59. The maximum Gasteiger partial charge on any atom is 0.226 e. The van der Waals surface area contributed by atoms with Gasteiger partial charge < -0.3 is 15.0 Å². The number of ether oxygens (including phenoxy) is 1. The van der Waals surface area contributed by atoms with E-state index < -0.39 is 0 Å². The molecule has 2 rings (SSSR count). The molecule has 4 nitrogen and oxygen atoms in total. The van der Waals surface area contributed by atoms with Gasteiger partial charge in [-0.2, -0.15) is 0 Å². The molecule has 1 aliphatic rings. The Morgan fingerprint density at radius 2 is 2.10 bits per heavy atom. The van der Waals surface area contributed by atoms with E-state index in [2.05, 4.69) is 17.4 Å². The summed E-state index contributed by atoms with van der Waals surface area (Å²) in [6, 6.07) is 8.13. The maximum atomic E-state index is 12.1. The number of amides is 1. The first-order valence-corrected chi connectivity index (χ1v) is 7.29. The smallest absolute Gasteiger partial charge is 0.226 e. The van der Waals surface area contributed by atoms with Crippen LogP contribution in [-0.2, 0) is 11.2 Å². The molecular weight excluding hydrogens is 288 g/mol. The Morgan fingerprint density at radius 1 is 1.38 bits per heavy atom. The van der Waals surface area contributed by atoms with Crippen molar-refractivity contribution in [1.82, 2.24) is 10.2 Å². The molecule has 1 aromatic carbocycles. The first kappa shape index (κ1) is 17.8. The fourth-order valence-corrected chi connectivity index (χ4v) is 2.60. The van der Waals surface area contributed by atoms with Crippen LogP contribution in [0.15, 0.2) is 24.3 Å². The molecule has 1 atom stereocenters. The minimum absolute atomic E-state index is 0. The molecule has 0 radical (unpaired) electrons. The number of aryl methyl sites for hydroxylation is 1. The van der Waals surface area contributed by atoms with Gasteiger partial charge in [-0.3, -0.25) is 4.79 Å². The van der Waals surface area contributed by atoms with Crippen molar-refractivity contribution < 1.29 is 9.53 Å². The number of hydrogen-bond acceptors (Lipinski definition) is 3. The van der Waals surface area contributed by atoms with E-state index in [4.69, 9.17) is 4.74 Å². The highest BCUT2D eigenvalue weighted by Gasteiger charge is 2.24. The number of nitrogens with one attached hydrogen (secondary N) is 1. The standard InChI is InChI=1S/C16H24N2O2.ClH/c1-18(16(19)14-9-10-17-12-14)11-3-4-13-5-7-15(20-2)8-6-13;/h5-8,14,17H,3-4,9-12H2,1-2H3;1H. The average molecular weight is 313 g/mol. The van der Waals surface area contributed by atoms with Crippen LogP contribution in [0.2, 0.25) is 0 Å². The zero-order valence-electron chi connectivity index (χ0n) is 12.8. The van der Waals surface area contributed by atoms with E-state index in [1.165, 1.54) is 5.56 Å². The minimum atomic E-state index is 0. The molecule has 1 heterocycles. The van der Waals surface area contributed by atoms with Crippen molar-refractivity contribution in [3.8, 4) is 5.75 Å². The highest BCUT2D eigenvalue weighted by molar-refractivity contribution is 5.85. The summed E-state index contributed by atoms with van der Waals surface area (Å²) in [5.41, 5.74) is 1.29. The first-order chi connectivity index (χ1) is 9.70. The van der Waals surface area contributed by atoms with Gasteiger partial charge in [-0.1, -0.05) is 12.1 Å². The zero-order valence-corrected chi connectivity index (χ0v) is 13.6. The molecule has 0 aromatic heterocycles. The number of methoxy groups -OCH3 is 1. The second-order valence-corrected chi connectivity index (χ2v) is 5.40. The molecule has 5 heteroatoms. The molecule has 0 aliphatic carbocycles. The van der Waals surface area contributed by atoms with Gasteiger partial charge in [-0.15, -0.1) is 12.4 Å². The summed E-state index contributed by atoms with van der Waals surface area (Å²) in [4.78, 5) is 14.0. The van der Waals surface area contributed by atoms with Crippen molar-refractivity contribution in [2.24, 2.45) is 5.92 Å². The Balaban J connectivity index is 0.00000220. The van der Waals surface area contributed by atoms with Crippen molar-refractivity contribution in [3.63, 3.8) is 0 Å². The summed E-state index contributed by atoms with van der Waals surface area (Å²) < 4.78 is 5.14. The molecule has 0 spiro atoms. The minimum Gasteiger partial charge on any atom is -0.497 e. The molecule has 1 saturated heterocycles. The topological polar surface area (TPSA) is 41.6 Å². The summed E-state index contributed by atoms with van der Waals surface area (Å²) >= 11 is 0. The highest BCUT2D eigenvalue weighted by Crippen LogP contribution is 2.14. The number of nitrogens with zero attached hydrogens (tertiary/aromatic N) is 1. The normalized spacial score (nSPS) is 17.1. The third-order valence-corrected chi connectivity index (χ3v) is 3.90. The molecule has 1 unspecified atom stereocenters. The summed E-state index contributed by atoms with van der Waals surface area (Å²) in [6.45, 7) is 2.62. The van der Waals surface area contributed by atoms with Gasteiger partial charge in [0.15, 0.2) is 0 Å². The molecule has 0 saturated carbocycles. The van der Waals surface area contributed by atoms with E-state index in [0.29, 0.717) is 0 Å². The van der Waals surface area contributed by atoms with Crippen molar-refractivity contribution in [2.45, 2.75) is 19.3 Å². The first-order valence-electron chi connectivity index (χ1n) is 7.29. The molecular formula is C16H25ClN2O2. The fourth-order valence-electron chi connectivity index (χ4n) is 2.60. The van der Waals surface area contributed by atoms with Gasteiger partial charge in [-0.05, 0) is 43.5 Å². The third kappa shape index (κ3) is 5.21. The van der Waals surface area contributed by atoms with E-state index in [1.54, 1.807) is 7.11 Å². The van der Waals surface area contributed by atoms with Crippen molar-refractivity contribution in [3.05, 3.63) is 29.8 Å². The van der Waals surface area contributed by atoms with E-state index in [9.17, 15) is 4.79 Å². The number of carbonyl (C=O) groups excluding carboxylic acids is 1. The lowest BCUT2D eigenvalue weighted by Crippen LogP contribution is -2.34. The third-order valence-electron chi connectivity index (χ3n) is 3.90. The lowest BCUT2D eigenvalue weighted by Gasteiger charge is -2.20. The highest BCUT2D eigenvalue weighted by atomic mass is 35.5. The SMILES string of the molecule is COc1ccc(CCCN(C)C(=O)C2CCNC2)cc1.Cl. The molecule has 1 N–H and O–H groups in total. The van der Waals surface area contributed by atoms with Crippen molar-refractivity contribution >= 4 is 18.3 Å². The van der Waals surface area contributed by atoms with Gasteiger partial charge in [0.2, 0.25) is 5.91 Å². The zero-order chi connectivity index (χ0) is 14.4. The summed E-state index contributed by atoms with van der Waals surface area (Å²) in [5, 5.41) is 3.24. The van der Waals surface area contributed by atoms with E-state index in [0.717, 1.165) is 44.6 Å². The fraction of sp³-hybridized carbons (Fsp3) is 0.562. The van der Waals surface area contributed by atoms with E-state index >= 15 is 0 Å². The van der Waals surface area contributed by atoms with Crippen LogP contribution in [0.4, 0.5) is 0 Å². The quantitative estimate of drug-likeness (QED) is 0.875. The second-order valence-electron chi connectivity index (χ2n) is 5.40. The van der Waals surface area contributed by atoms with Gasteiger partial charge in [0, 0.05) is 20.1 Å². The Bertz CT molecular complexity index is 430. The van der Waals surface area contributed by atoms with Crippen LogP contribution in [0.5, 0.6) is 5.75 Å². The molecule has 1 aliphatic heterocycles. The molecule has 1 fully saturated rings. The predicted octanol–water partition coefficient (Wildman–Crippen LogP) is 2.12. The van der Waals surface area contributed by atoms with Crippen LogP contribution in [0.3, 0.4) is 0 Å². The van der Waals surface area contributed by atoms with Crippen LogP contribution in [0, 0.1) is 5.92 Å². The van der Waals surface area contributed by atoms with Crippen LogP contribution < -0.4 is 10.1 Å². The average Bonchev–Trinajstić information content (AvgIpc) is 3.01. The van der Waals surface area contributed by atoms with Crippen molar-refractivity contribution in [1.29, 1.82) is 0 Å². The Morgan fingerprint density at radius 3 is 2.67 bits per heavy atom. The Hall–Kier alpha value is -1.26. The lowest BCUT2D eigenvalue weighted by atomic mass is 10.1. The Labute approximate surface area is 133 Å². The van der Waals surface area contributed by atoms with Crippen LogP contribution >= 0.6 is 12.4 Å². The van der Waals surface area contributed by atoms with Crippen molar-refractivity contribution in [2.75, 3.05) is 33.8 Å². The van der Waals surface area contributed by atoms with E-state index in [-0.39, 0.29) is 24.2 Å². The number of benzene rings is 1. The molecule has 118 valence electrons. The van der Waals surface area contributed by atoms with Crippen LogP contribution in [0.1, 0.15) is 18.4 Å². The van der Waals surface area contributed by atoms with E-state index in [1.807, 2.05) is 24.1 Å². The number of hydrogen-bond donors (Lipinski definition) is 1. The maximum absolute atomic E-state index is 12.1. The molecule has 1 amide bonds.